The van der Waals surface area contributed by atoms with E-state index >= 15 is 0 Å². The highest BCUT2D eigenvalue weighted by atomic mass is 31.3. The maximum Gasteiger partial charge on any atom is 0.490 e. The quantitative estimate of drug-likeness (QED) is 0.102. The van der Waals surface area contributed by atoms with Gasteiger partial charge in [0.05, 0.1) is 18.8 Å². The number of hydrogen-bond donors (Lipinski definition) is 7. The number of pyridine rings is 1. The number of aromatic nitrogens is 3. The van der Waals surface area contributed by atoms with Crippen LogP contribution in [-0.2, 0) is 38.1 Å². The molecular weight excluding hydrogens is 641 g/mol. The molecule has 1 fully saturated rings. The SMILES string of the molecule is Nc1ccc(-c2ccnc(Cn3c(=O)ccn([C@@H]4O[C@H](COP(=O)(O)OP(=O)(O)OP(=O)(O)O)[C@H](O)[C@@H]4O)c3=O)c2)cc1. The Balaban J connectivity index is 1.50. The van der Waals surface area contributed by atoms with Crippen molar-refractivity contribution in [1.29, 1.82) is 0 Å². The molecular formula is C21H25N4O15P3. The van der Waals surface area contributed by atoms with Crippen LogP contribution in [0.2, 0.25) is 0 Å². The lowest BCUT2D eigenvalue weighted by atomic mass is 10.1. The third kappa shape index (κ3) is 8.41. The highest BCUT2D eigenvalue weighted by molar-refractivity contribution is 7.66. The van der Waals surface area contributed by atoms with Gasteiger partial charge in [0.25, 0.3) is 5.56 Å². The van der Waals surface area contributed by atoms with E-state index in [1.54, 1.807) is 36.4 Å². The first-order chi connectivity index (χ1) is 19.9. The summed E-state index contributed by atoms with van der Waals surface area (Å²) in [5, 5.41) is 20.9. The van der Waals surface area contributed by atoms with Crippen molar-refractivity contribution in [2.75, 3.05) is 12.3 Å². The molecule has 234 valence electrons. The van der Waals surface area contributed by atoms with Gasteiger partial charge >= 0.3 is 29.2 Å². The second-order valence-corrected chi connectivity index (χ2v) is 13.4. The summed E-state index contributed by atoms with van der Waals surface area (Å²) in [4.78, 5) is 66.1. The van der Waals surface area contributed by atoms with Crippen LogP contribution in [0.15, 0.2) is 64.4 Å². The van der Waals surface area contributed by atoms with Gasteiger partial charge in [-0.25, -0.2) is 18.5 Å². The van der Waals surface area contributed by atoms with Gasteiger partial charge in [0, 0.05) is 24.1 Å². The maximum absolute atomic E-state index is 13.3. The zero-order valence-corrected chi connectivity index (χ0v) is 24.2. The van der Waals surface area contributed by atoms with Crippen molar-refractivity contribution < 1.29 is 61.4 Å². The number of ether oxygens (including phenoxy) is 1. The summed E-state index contributed by atoms with van der Waals surface area (Å²) in [6.45, 7) is -1.38. The Morgan fingerprint density at radius 2 is 1.58 bits per heavy atom. The molecule has 1 aromatic carbocycles. The van der Waals surface area contributed by atoms with Gasteiger partial charge in [-0.2, -0.15) is 8.62 Å². The first-order valence-corrected chi connectivity index (χ1v) is 16.4. The van der Waals surface area contributed by atoms with Crippen molar-refractivity contribution in [2.24, 2.45) is 0 Å². The van der Waals surface area contributed by atoms with Gasteiger partial charge < -0.3 is 40.3 Å². The van der Waals surface area contributed by atoms with E-state index in [-0.39, 0.29) is 6.54 Å². The number of aliphatic hydroxyl groups is 2. The number of benzene rings is 1. The van der Waals surface area contributed by atoms with Gasteiger partial charge in [-0.3, -0.25) is 23.4 Å². The molecule has 4 rings (SSSR count). The Hall–Kier alpha value is -2.86. The number of nitrogens with zero attached hydrogens (tertiary/aromatic N) is 3. The van der Waals surface area contributed by atoms with E-state index in [0.717, 1.165) is 32.5 Å². The van der Waals surface area contributed by atoms with Crippen molar-refractivity contribution >= 4 is 29.2 Å². The summed E-state index contributed by atoms with van der Waals surface area (Å²) >= 11 is 0. The number of aliphatic hydroxyl groups excluding tert-OH is 2. The fourth-order valence-corrected chi connectivity index (χ4v) is 7.05. The summed E-state index contributed by atoms with van der Waals surface area (Å²) in [6, 6.07) is 11.3. The van der Waals surface area contributed by atoms with E-state index in [9.17, 15) is 43.3 Å². The number of nitrogen functional groups attached to an aromatic ring is 1. The number of anilines is 1. The lowest BCUT2D eigenvalue weighted by molar-refractivity contribution is -0.0547. The lowest BCUT2D eigenvalue weighted by Crippen LogP contribution is -2.43. The van der Waals surface area contributed by atoms with E-state index in [4.69, 9.17) is 20.3 Å². The van der Waals surface area contributed by atoms with Crippen LogP contribution in [0.4, 0.5) is 5.69 Å². The first kappa shape index (κ1) is 33.0. The minimum Gasteiger partial charge on any atom is -0.399 e. The van der Waals surface area contributed by atoms with E-state index < -0.39 is 65.9 Å². The molecule has 3 aromatic rings. The van der Waals surface area contributed by atoms with Gasteiger partial charge in [-0.15, -0.1) is 0 Å². The summed E-state index contributed by atoms with van der Waals surface area (Å²) in [5.74, 6) is 0. The van der Waals surface area contributed by atoms with Crippen LogP contribution in [0.3, 0.4) is 0 Å². The molecule has 22 heteroatoms. The molecule has 6 atom stereocenters. The predicted molar refractivity (Wildman–Crippen MR) is 144 cm³/mol. The zero-order chi connectivity index (χ0) is 31.7. The topological polar surface area (TPSA) is 292 Å². The molecule has 1 aliphatic heterocycles. The molecule has 0 amide bonds. The Morgan fingerprint density at radius 1 is 0.907 bits per heavy atom. The molecule has 8 N–H and O–H groups in total. The molecule has 19 nitrogen and oxygen atoms in total. The maximum atomic E-state index is 13.3. The first-order valence-electron chi connectivity index (χ1n) is 11.9. The molecule has 1 saturated heterocycles. The number of phosphoric acid groups is 3. The smallest absolute Gasteiger partial charge is 0.399 e. The van der Waals surface area contributed by atoms with Crippen molar-refractivity contribution in [3.63, 3.8) is 0 Å². The van der Waals surface area contributed by atoms with Crippen LogP contribution >= 0.6 is 23.5 Å². The van der Waals surface area contributed by atoms with E-state index in [2.05, 4.69) is 18.1 Å². The van der Waals surface area contributed by atoms with E-state index in [1.165, 1.54) is 6.20 Å². The normalized spacial score (nSPS) is 23.5. The van der Waals surface area contributed by atoms with Crippen molar-refractivity contribution in [3.8, 4) is 11.1 Å². The Kier molecular flexibility index (Phi) is 9.71. The monoisotopic (exact) mass is 666 g/mol. The number of hydrogen-bond acceptors (Lipinski definition) is 13. The Morgan fingerprint density at radius 3 is 2.23 bits per heavy atom. The predicted octanol–water partition coefficient (Wildman–Crippen LogP) is -0.335. The molecule has 0 radical (unpaired) electrons. The average molecular weight is 666 g/mol. The number of nitrogens with two attached hydrogens (primary N) is 1. The highest BCUT2D eigenvalue weighted by Crippen LogP contribution is 2.66. The highest BCUT2D eigenvalue weighted by Gasteiger charge is 2.47. The van der Waals surface area contributed by atoms with Crippen LogP contribution in [0, 0.1) is 0 Å². The summed E-state index contributed by atoms with van der Waals surface area (Å²) in [7, 11) is -17.0. The van der Waals surface area contributed by atoms with Crippen molar-refractivity contribution in [1.82, 2.24) is 14.1 Å². The van der Waals surface area contributed by atoms with Crippen LogP contribution < -0.4 is 17.0 Å². The van der Waals surface area contributed by atoms with E-state index in [1.807, 2.05) is 0 Å². The van der Waals surface area contributed by atoms with Crippen LogP contribution in [0.25, 0.3) is 11.1 Å². The number of rotatable bonds is 11. The standard InChI is InChI=1S/C21H25N4O15P3/c22-14-3-1-12(2-4-14)13-5-7-23-15(9-13)10-25-17(26)6-8-24(21(25)29)20-19(28)18(27)16(38-20)11-37-42(33,34)40-43(35,36)39-41(30,31)32/h1-9,16,18-20,27-28H,10-11,22H2,(H,33,34)(H,35,36)(H2,30,31,32)/t16-,18+,19+,20-/m1/s1. The Labute approximate surface area is 240 Å². The second kappa shape index (κ2) is 12.6. The van der Waals surface area contributed by atoms with Gasteiger partial charge in [-0.05, 0) is 35.4 Å². The third-order valence-electron chi connectivity index (χ3n) is 5.91. The average Bonchev–Trinajstić information content (AvgIpc) is 3.17. The van der Waals surface area contributed by atoms with Gasteiger partial charge in [-0.1, -0.05) is 12.1 Å². The fraction of sp³-hybridized carbons (Fsp3) is 0.286. The molecule has 2 unspecified atom stereocenters. The lowest BCUT2D eigenvalue weighted by Gasteiger charge is -2.19. The molecule has 43 heavy (non-hydrogen) atoms. The molecule has 0 bridgehead atoms. The van der Waals surface area contributed by atoms with Crippen molar-refractivity contribution in [3.05, 3.63) is 81.4 Å². The van der Waals surface area contributed by atoms with Crippen LogP contribution in [-0.4, -0.2) is 68.8 Å². The van der Waals surface area contributed by atoms with Gasteiger partial charge in [0.15, 0.2) is 6.23 Å². The van der Waals surface area contributed by atoms with E-state index in [0.29, 0.717) is 11.4 Å². The fourth-order valence-electron chi connectivity index (χ4n) is 4.02. The molecule has 0 saturated carbocycles. The minimum absolute atomic E-state index is 0.290. The Bertz CT molecular complexity index is 1740. The minimum atomic E-state index is -5.79. The molecule has 2 aromatic heterocycles. The van der Waals surface area contributed by atoms with Gasteiger partial charge in [0.2, 0.25) is 0 Å². The van der Waals surface area contributed by atoms with Crippen molar-refractivity contribution in [2.45, 2.75) is 31.1 Å². The molecule has 0 spiro atoms. The zero-order valence-electron chi connectivity index (χ0n) is 21.5. The van der Waals surface area contributed by atoms with Gasteiger partial charge in [0.1, 0.15) is 18.3 Å². The molecule has 0 aliphatic carbocycles. The summed E-state index contributed by atoms with van der Waals surface area (Å²) in [6.07, 6.45) is -4.51. The second-order valence-electron chi connectivity index (χ2n) is 9.02. The largest absolute Gasteiger partial charge is 0.490 e. The molecule has 3 heterocycles. The van der Waals surface area contributed by atoms with Crippen LogP contribution in [0.1, 0.15) is 11.9 Å². The number of phosphoric ester groups is 1. The van der Waals surface area contributed by atoms with Crippen LogP contribution in [0.5, 0.6) is 0 Å². The summed E-state index contributed by atoms with van der Waals surface area (Å²) < 4.78 is 52.8. The summed E-state index contributed by atoms with van der Waals surface area (Å²) in [5.41, 5.74) is 6.44. The third-order valence-corrected chi connectivity index (χ3v) is 9.71. The molecule has 1 aliphatic rings.